The number of rotatable bonds is 4. The number of carbonyl (C=O) groups is 1. The van der Waals surface area contributed by atoms with Gasteiger partial charge in [0.2, 0.25) is 5.91 Å². The van der Waals surface area contributed by atoms with Crippen LogP contribution >= 0.6 is 0 Å². The predicted octanol–water partition coefficient (Wildman–Crippen LogP) is 1.14. The third kappa shape index (κ3) is 4.08. The largest absolute Gasteiger partial charge is 0.378 e. The summed E-state index contributed by atoms with van der Waals surface area (Å²) in [7, 11) is 6.26. The molecule has 0 unspecified atom stereocenters. The van der Waals surface area contributed by atoms with Gasteiger partial charge in [0.05, 0.1) is 0 Å². The summed E-state index contributed by atoms with van der Waals surface area (Å²) in [6, 6.07) is 9.03. The number of amides is 1. The lowest BCUT2D eigenvalue weighted by Crippen LogP contribution is -2.62. The van der Waals surface area contributed by atoms with Crippen molar-refractivity contribution in [1.29, 1.82) is 0 Å². The first-order chi connectivity index (χ1) is 11.5. The maximum atomic E-state index is 12.6. The molecule has 0 aromatic heterocycles. The molecule has 0 N–H and O–H groups in total. The summed E-state index contributed by atoms with van der Waals surface area (Å²) in [5.41, 5.74) is 2.44. The second-order valence-corrected chi connectivity index (χ2v) is 7.35. The number of piperazine rings is 2. The standard InChI is InChI=1S/C19H30N4O/c1-20(2)17-7-4-16(5-8-17)6-9-19(24)23-13-12-22-11-10-21(3)14-18(22)15-23/h4-5,7-8,18H,6,9-15H2,1-3H3/t18-/m1/s1. The fourth-order valence-corrected chi connectivity index (χ4v) is 3.71. The smallest absolute Gasteiger partial charge is 0.222 e. The van der Waals surface area contributed by atoms with Crippen LogP contribution in [0.25, 0.3) is 0 Å². The summed E-state index contributed by atoms with van der Waals surface area (Å²) in [4.78, 5) is 21.7. The van der Waals surface area contributed by atoms with Gasteiger partial charge in [0, 0.05) is 71.5 Å². The molecule has 2 aliphatic heterocycles. The number of likely N-dealkylation sites (N-methyl/N-ethyl adjacent to an activating group) is 1. The van der Waals surface area contributed by atoms with Crippen molar-refractivity contribution >= 4 is 11.6 Å². The molecule has 1 atom stereocenters. The van der Waals surface area contributed by atoms with Crippen molar-refractivity contribution in [3.05, 3.63) is 29.8 Å². The number of benzene rings is 1. The highest BCUT2D eigenvalue weighted by Gasteiger charge is 2.32. The van der Waals surface area contributed by atoms with Crippen molar-refractivity contribution in [2.24, 2.45) is 0 Å². The van der Waals surface area contributed by atoms with Crippen molar-refractivity contribution in [3.63, 3.8) is 0 Å². The van der Waals surface area contributed by atoms with Crippen molar-refractivity contribution in [2.75, 3.05) is 65.3 Å². The van der Waals surface area contributed by atoms with E-state index in [1.807, 2.05) is 14.1 Å². The molecular formula is C19H30N4O. The highest BCUT2D eigenvalue weighted by molar-refractivity contribution is 5.76. The Morgan fingerprint density at radius 2 is 1.79 bits per heavy atom. The van der Waals surface area contributed by atoms with Crippen LogP contribution in [0.2, 0.25) is 0 Å². The molecule has 5 nitrogen and oxygen atoms in total. The molecule has 0 bridgehead atoms. The number of hydrogen-bond donors (Lipinski definition) is 0. The summed E-state index contributed by atoms with van der Waals surface area (Å²) in [6.45, 7) is 6.17. The van der Waals surface area contributed by atoms with Gasteiger partial charge >= 0.3 is 0 Å². The third-order valence-corrected chi connectivity index (χ3v) is 5.33. The van der Waals surface area contributed by atoms with Gasteiger partial charge in [-0.1, -0.05) is 12.1 Å². The van der Waals surface area contributed by atoms with Crippen LogP contribution in [0, 0.1) is 0 Å². The van der Waals surface area contributed by atoms with Gasteiger partial charge in [-0.05, 0) is 31.2 Å². The number of anilines is 1. The minimum absolute atomic E-state index is 0.305. The lowest BCUT2D eigenvalue weighted by Gasteiger charge is -2.46. The van der Waals surface area contributed by atoms with Crippen LogP contribution in [-0.4, -0.2) is 87.1 Å². The predicted molar refractivity (Wildman–Crippen MR) is 98.5 cm³/mol. The van der Waals surface area contributed by atoms with Gasteiger partial charge in [-0.25, -0.2) is 0 Å². The Morgan fingerprint density at radius 3 is 2.50 bits per heavy atom. The van der Waals surface area contributed by atoms with Gasteiger partial charge in [0.25, 0.3) is 0 Å². The van der Waals surface area contributed by atoms with E-state index in [0.29, 0.717) is 18.4 Å². The molecule has 24 heavy (non-hydrogen) atoms. The first-order valence-electron chi connectivity index (χ1n) is 8.99. The van der Waals surface area contributed by atoms with E-state index in [1.165, 1.54) is 11.3 Å². The zero-order valence-electron chi connectivity index (χ0n) is 15.2. The maximum Gasteiger partial charge on any atom is 0.222 e. The monoisotopic (exact) mass is 330 g/mol. The number of fused-ring (bicyclic) bond motifs is 1. The summed E-state index contributed by atoms with van der Waals surface area (Å²) >= 11 is 0. The molecule has 2 heterocycles. The number of aryl methyl sites for hydroxylation is 1. The fourth-order valence-electron chi connectivity index (χ4n) is 3.71. The van der Waals surface area contributed by atoms with Crippen molar-refractivity contribution in [3.8, 4) is 0 Å². The van der Waals surface area contributed by atoms with Crippen molar-refractivity contribution in [2.45, 2.75) is 18.9 Å². The number of hydrogen-bond acceptors (Lipinski definition) is 4. The second kappa shape index (κ2) is 7.53. The van der Waals surface area contributed by atoms with Crippen LogP contribution in [0.15, 0.2) is 24.3 Å². The summed E-state index contributed by atoms with van der Waals surface area (Å²) < 4.78 is 0. The van der Waals surface area contributed by atoms with Crippen LogP contribution in [0.1, 0.15) is 12.0 Å². The highest BCUT2D eigenvalue weighted by atomic mass is 16.2. The molecule has 132 valence electrons. The number of nitrogens with zero attached hydrogens (tertiary/aromatic N) is 4. The Balaban J connectivity index is 1.50. The van der Waals surface area contributed by atoms with Crippen LogP contribution in [0.3, 0.4) is 0 Å². The quantitative estimate of drug-likeness (QED) is 0.828. The molecule has 0 spiro atoms. The second-order valence-electron chi connectivity index (χ2n) is 7.35. The first kappa shape index (κ1) is 17.2. The molecule has 3 rings (SSSR count). The van der Waals surface area contributed by atoms with E-state index in [2.05, 4.69) is 50.9 Å². The van der Waals surface area contributed by atoms with Crippen molar-refractivity contribution in [1.82, 2.24) is 14.7 Å². The minimum Gasteiger partial charge on any atom is -0.378 e. The lowest BCUT2D eigenvalue weighted by molar-refractivity contribution is -0.135. The maximum absolute atomic E-state index is 12.6. The zero-order chi connectivity index (χ0) is 17.1. The molecular weight excluding hydrogens is 300 g/mol. The van der Waals surface area contributed by atoms with Crippen LogP contribution < -0.4 is 4.90 Å². The Morgan fingerprint density at radius 1 is 1.08 bits per heavy atom. The van der Waals surface area contributed by atoms with Crippen LogP contribution in [0.4, 0.5) is 5.69 Å². The molecule has 0 saturated carbocycles. The lowest BCUT2D eigenvalue weighted by atomic mass is 10.1. The SMILES string of the molecule is CN1CCN2CCN(C(=O)CCc3ccc(N(C)C)cc3)C[C@H]2C1. The van der Waals surface area contributed by atoms with E-state index >= 15 is 0 Å². The van der Waals surface area contributed by atoms with E-state index in [4.69, 9.17) is 0 Å². The zero-order valence-corrected chi connectivity index (χ0v) is 15.2. The van der Waals surface area contributed by atoms with E-state index < -0.39 is 0 Å². The van der Waals surface area contributed by atoms with Gasteiger partial charge in [0.1, 0.15) is 0 Å². The summed E-state index contributed by atoms with van der Waals surface area (Å²) in [6.07, 6.45) is 1.45. The summed E-state index contributed by atoms with van der Waals surface area (Å²) in [5, 5.41) is 0. The van der Waals surface area contributed by atoms with Crippen LogP contribution in [0.5, 0.6) is 0 Å². The molecule has 0 radical (unpaired) electrons. The van der Waals surface area contributed by atoms with Gasteiger partial charge in [-0.2, -0.15) is 0 Å². The summed E-state index contributed by atoms with van der Waals surface area (Å²) in [5.74, 6) is 0.305. The molecule has 1 aromatic rings. The third-order valence-electron chi connectivity index (χ3n) is 5.33. The minimum atomic E-state index is 0.305. The molecule has 2 fully saturated rings. The average Bonchev–Trinajstić information content (AvgIpc) is 2.59. The molecule has 2 aliphatic rings. The van der Waals surface area contributed by atoms with Gasteiger partial charge < -0.3 is 14.7 Å². The van der Waals surface area contributed by atoms with Gasteiger partial charge in [-0.15, -0.1) is 0 Å². The van der Waals surface area contributed by atoms with Gasteiger partial charge in [-0.3, -0.25) is 9.69 Å². The molecule has 1 amide bonds. The Kier molecular flexibility index (Phi) is 5.41. The fraction of sp³-hybridized carbons (Fsp3) is 0.632. The van der Waals surface area contributed by atoms with Crippen molar-refractivity contribution < 1.29 is 4.79 Å². The van der Waals surface area contributed by atoms with E-state index in [0.717, 1.165) is 45.7 Å². The molecule has 0 aliphatic carbocycles. The van der Waals surface area contributed by atoms with E-state index in [9.17, 15) is 4.79 Å². The molecule has 5 heteroatoms. The van der Waals surface area contributed by atoms with E-state index in [-0.39, 0.29) is 0 Å². The highest BCUT2D eigenvalue weighted by Crippen LogP contribution is 2.17. The Bertz CT molecular complexity index is 557. The Hall–Kier alpha value is -1.59. The molecule has 1 aromatic carbocycles. The normalized spacial score (nSPS) is 22.3. The topological polar surface area (TPSA) is 30.0 Å². The Labute approximate surface area is 145 Å². The van der Waals surface area contributed by atoms with E-state index in [1.54, 1.807) is 0 Å². The first-order valence-corrected chi connectivity index (χ1v) is 8.99. The van der Waals surface area contributed by atoms with Crippen LogP contribution in [-0.2, 0) is 11.2 Å². The average molecular weight is 330 g/mol. The molecule has 2 saturated heterocycles. The van der Waals surface area contributed by atoms with Gasteiger partial charge in [0.15, 0.2) is 0 Å². The number of carbonyl (C=O) groups excluding carboxylic acids is 1.